The van der Waals surface area contributed by atoms with Gasteiger partial charge in [0.25, 0.3) is 5.69 Å². The molecule has 112 heavy (non-hydrogen) atoms. The summed E-state index contributed by atoms with van der Waals surface area (Å²) < 4.78 is 36.4. The maximum Gasteiger partial charge on any atom is 1.00 e. The van der Waals surface area contributed by atoms with Gasteiger partial charge in [0.1, 0.15) is 51.5 Å². The van der Waals surface area contributed by atoms with Gasteiger partial charge >= 0.3 is 47.7 Å². The summed E-state index contributed by atoms with van der Waals surface area (Å²) in [4.78, 5) is 104. The van der Waals surface area contributed by atoms with Gasteiger partial charge in [-0.2, -0.15) is 5.26 Å². The first-order valence-electron chi connectivity index (χ1n) is 32.1. The van der Waals surface area contributed by atoms with E-state index in [2.05, 4.69) is 176 Å². The molecule has 0 atom stereocenters. The second kappa shape index (κ2) is 50.4. The molecule has 2 N–H and O–H groups in total. The molecule has 1 aromatic carbocycles. The van der Waals surface area contributed by atoms with E-state index in [1.54, 1.807) is 79.7 Å². The van der Waals surface area contributed by atoms with Crippen LogP contribution in [-0.2, 0) is 75.2 Å². The Bertz CT molecular complexity index is 5080. The predicted molar refractivity (Wildman–Crippen MR) is 438 cm³/mol. The topological polar surface area (TPSA) is 389 Å². The SMILES string of the molecule is C.CCOC(=O)c1[nH]cnc1-c1ccc(Br)c(C)n1.CCOC(=O)c1c(-c2ccc(Br)c(C)n2)ncn1C.Cc1nc(-c2ncn(C)c2CO)ccc1Br.Cc1nc(-c2ncn(C)c2COC(=O)Oc2ccc([N+](=O)[O-])cc2)ccc1Br.Cc1nc(Br)ccc1Br.Cc1nc(C#N)ccc1Br.[C-]#N.[C-]#[N+]CC(=O)OCC.[Cu+]. The average molecular weight is 2030 g/mol. The predicted octanol–water partition coefficient (Wildman–Crippen LogP) is 17.8. The van der Waals surface area contributed by atoms with Crippen LogP contribution in [0.5, 0.6) is 5.75 Å². The van der Waals surface area contributed by atoms with Crippen LogP contribution in [0.25, 0.3) is 50.4 Å². The van der Waals surface area contributed by atoms with Crippen molar-refractivity contribution < 1.29 is 70.0 Å². The van der Waals surface area contributed by atoms with Gasteiger partial charge in [-0.15, -0.1) is 0 Å². The molecular formula is C74H74Br7CuN18O12. The minimum absolute atomic E-state index is 0. The van der Waals surface area contributed by atoms with E-state index < -0.39 is 23.0 Å². The molecule has 592 valence electrons. The normalized spacial score (nSPS) is 9.75. The molecule has 10 aromatic heterocycles. The van der Waals surface area contributed by atoms with Crippen molar-refractivity contribution in [2.75, 3.05) is 26.4 Å². The molecule has 0 bridgehead atoms. The number of nitriles is 1. The summed E-state index contributed by atoms with van der Waals surface area (Å²) in [7, 11) is 5.39. The minimum Gasteiger partial charge on any atom is -0.512 e. The molecule has 0 aliphatic heterocycles. The van der Waals surface area contributed by atoms with Crippen molar-refractivity contribution in [3.05, 3.63) is 245 Å². The van der Waals surface area contributed by atoms with Gasteiger partial charge in [0, 0.05) is 60.1 Å². The third kappa shape index (κ3) is 30.5. The molecule has 0 aliphatic carbocycles. The van der Waals surface area contributed by atoms with Crippen LogP contribution < -0.4 is 4.74 Å². The van der Waals surface area contributed by atoms with Crippen LogP contribution in [0.2, 0.25) is 0 Å². The van der Waals surface area contributed by atoms with E-state index in [0.29, 0.717) is 76.8 Å². The smallest absolute Gasteiger partial charge is 0.512 e. The number of carbonyl (C=O) groups excluding carboxylic acids is 4. The number of benzene rings is 1. The van der Waals surface area contributed by atoms with E-state index in [1.807, 2.05) is 115 Å². The number of ether oxygens (including phenoxy) is 5. The van der Waals surface area contributed by atoms with Crippen molar-refractivity contribution in [3.63, 3.8) is 0 Å². The molecule has 11 aromatic rings. The number of halogens is 7. The molecule has 0 saturated heterocycles. The zero-order valence-electron chi connectivity index (χ0n) is 61.3. The Morgan fingerprint density at radius 1 is 0.545 bits per heavy atom. The summed E-state index contributed by atoms with van der Waals surface area (Å²) in [6.45, 7) is 28.3. The van der Waals surface area contributed by atoms with E-state index in [9.17, 15) is 34.4 Å². The van der Waals surface area contributed by atoms with E-state index >= 15 is 0 Å². The monoisotopic (exact) mass is 2020 g/mol. The van der Waals surface area contributed by atoms with E-state index in [0.717, 1.165) is 82.7 Å². The fourth-order valence-electron chi connectivity index (χ4n) is 8.58. The Morgan fingerprint density at radius 2 is 0.946 bits per heavy atom. The number of aromatic amines is 1. The third-order valence-corrected chi connectivity index (χ3v) is 19.5. The van der Waals surface area contributed by atoms with Crippen LogP contribution in [-0.4, -0.2) is 129 Å². The van der Waals surface area contributed by atoms with Gasteiger partial charge in [-0.05, 0) is 259 Å². The number of nitro benzene ring substituents is 1. The summed E-state index contributed by atoms with van der Waals surface area (Å²) >= 11 is 23.5. The van der Waals surface area contributed by atoms with Crippen LogP contribution >= 0.6 is 112 Å². The first-order chi connectivity index (χ1) is 52.4. The quantitative estimate of drug-likeness (QED) is 0.0141. The van der Waals surface area contributed by atoms with E-state index in [-0.39, 0.29) is 61.7 Å². The summed E-state index contributed by atoms with van der Waals surface area (Å²) in [6.07, 6.45) is 5.40. The number of non-ortho nitro benzene ring substituents is 1. The molecule has 0 saturated carbocycles. The van der Waals surface area contributed by atoms with E-state index in [1.165, 1.54) is 30.6 Å². The van der Waals surface area contributed by atoms with Crippen LogP contribution in [0.4, 0.5) is 10.5 Å². The minimum atomic E-state index is -0.930. The Kier molecular flexibility index (Phi) is 44.3. The molecule has 38 heteroatoms. The molecule has 0 aliphatic rings. The Labute approximate surface area is 716 Å². The number of hydrogen-bond donors (Lipinski definition) is 2. The number of nitrogens with one attached hydrogen (secondary N) is 1. The number of esters is 3. The zero-order valence-corrected chi connectivity index (χ0v) is 73.3. The molecule has 0 fully saturated rings. The summed E-state index contributed by atoms with van der Waals surface area (Å²) in [6, 6.07) is 29.4. The molecule has 0 unspecified atom stereocenters. The first kappa shape index (κ1) is 98.4. The standard InChI is InChI=1S/C18H15BrN4O5.C13H14BrN3O2.C12H12BrN3O2.C11H12BrN3O.C7H5BrN2.C6H5Br2N.C5H7NO2.CN.CH4.Cu/c1-11-14(19)7-8-15(21-11)17-16(22(2)10-20-17)9-27-18(24)28-13-5-3-12(4-6-13)23(25)26;1-4-19-13(18)12-11(15-7-17(12)3)10-6-5-9(14)8(2)16-10;1-3-18-12(17)11-10(14-6-15-11)9-5-4-8(13)7(2)16-9;1-7-8(12)3-4-9(14-7)11-10(5-16)15(2)6-13-11;1-5-7(8)3-2-6(4-9)10-5;1-4-5(7)2-3-6(8)9-4;1-3-8-5(7)4-6-2;1-2;;/h3-8,10H,9H2,1-2H3;5-7H,4H2,1-3H3;4-6H,3H2,1-2H3,(H,14,15);3-4,6,16H,5H2,1-2H3;2-3H,1H3;2-3H,1H3;3-4H2,1H3;;1H4;/q;;;;;;;-1;;+1. The van der Waals surface area contributed by atoms with Crippen LogP contribution in [0.3, 0.4) is 0 Å². The van der Waals surface area contributed by atoms with Crippen molar-refractivity contribution in [2.45, 2.75) is 83.0 Å². The number of rotatable bonds is 15. The number of carbonyl (C=O) groups is 4. The number of aryl methyl sites for hydroxylation is 9. The molecule has 0 radical (unpaired) electrons. The maximum atomic E-state index is 12.0. The fraction of sp³-hybridized carbons (Fsp3) is 0.257. The number of hydrogen-bond acceptors (Lipinski definition) is 24. The summed E-state index contributed by atoms with van der Waals surface area (Å²) in [5.74, 6) is -1.11. The number of nitrogens with zero attached hydrogens (tertiary/aromatic N) is 17. The fourth-order valence-corrected chi connectivity index (χ4v) is 10.3. The van der Waals surface area contributed by atoms with Gasteiger partial charge in [-0.25, -0.2) is 55.7 Å². The maximum absolute atomic E-state index is 12.0. The van der Waals surface area contributed by atoms with Gasteiger partial charge in [0.05, 0.1) is 125 Å². The second-order valence-corrected chi connectivity index (χ2v) is 27.7. The van der Waals surface area contributed by atoms with E-state index in [4.69, 9.17) is 42.6 Å². The number of nitro groups is 1. The zero-order chi connectivity index (χ0) is 81.9. The number of aliphatic hydroxyl groups is 1. The van der Waals surface area contributed by atoms with Crippen LogP contribution in [0.1, 0.15) is 100 Å². The molecule has 0 amide bonds. The number of imidazole rings is 4. The number of aliphatic hydroxyl groups excluding tert-OH is 1. The largest absolute Gasteiger partial charge is 1.00 e. The van der Waals surface area contributed by atoms with Crippen LogP contribution in [0.15, 0.2) is 154 Å². The van der Waals surface area contributed by atoms with Gasteiger partial charge in [0.2, 0.25) is 0 Å². The number of aromatic nitrogens is 14. The van der Waals surface area contributed by atoms with Gasteiger partial charge < -0.3 is 64.2 Å². The second-order valence-electron chi connectivity index (χ2n) is 21.7. The number of H-pyrrole nitrogens is 1. The number of pyridine rings is 6. The van der Waals surface area contributed by atoms with Gasteiger partial charge in [-0.1, -0.05) is 7.43 Å². The molecule has 11 rings (SSSR count). The molecular weight excluding hydrogens is 1960 g/mol. The third-order valence-electron chi connectivity index (χ3n) is 14.1. The van der Waals surface area contributed by atoms with Crippen molar-refractivity contribution in [1.29, 1.82) is 10.5 Å². The summed E-state index contributed by atoms with van der Waals surface area (Å²) in [5.41, 5.74) is 12.9. The molecule has 30 nitrogen and oxygen atoms in total. The molecule has 10 heterocycles. The molecule has 0 spiro atoms. The van der Waals surface area contributed by atoms with Crippen molar-refractivity contribution in [3.8, 4) is 57.4 Å². The van der Waals surface area contributed by atoms with Crippen LogP contribution in [0, 0.1) is 81.4 Å². The Balaban J connectivity index is 0.000000457. The average Bonchev–Trinajstić information content (AvgIpc) is 1.67. The first-order valence-corrected chi connectivity index (χ1v) is 37.6. The Morgan fingerprint density at radius 3 is 1.37 bits per heavy atom. The van der Waals surface area contributed by atoms with Gasteiger partial charge in [-0.3, -0.25) is 30.1 Å². The Hall–Kier alpha value is -9.65. The van der Waals surface area contributed by atoms with Crippen molar-refractivity contribution in [2.24, 2.45) is 21.1 Å². The van der Waals surface area contributed by atoms with Gasteiger partial charge in [0.15, 0.2) is 11.4 Å². The summed E-state index contributed by atoms with van der Waals surface area (Å²) in [5, 5.41) is 34.6. The van der Waals surface area contributed by atoms with Crippen molar-refractivity contribution in [1.82, 2.24) is 68.5 Å². The van der Waals surface area contributed by atoms with Crippen molar-refractivity contribution >= 4 is 141 Å².